The maximum absolute atomic E-state index is 12.1. The van der Waals surface area contributed by atoms with Crippen LogP contribution in [-0.2, 0) is 7.05 Å². The number of nitrogens with one attached hydrogen (secondary N) is 1. The van der Waals surface area contributed by atoms with Crippen LogP contribution in [0.5, 0.6) is 0 Å². The van der Waals surface area contributed by atoms with Gasteiger partial charge in [0.2, 0.25) is 4.80 Å². The zero-order valence-electron chi connectivity index (χ0n) is 11.5. The number of para-hydroxylation sites is 1. The highest BCUT2D eigenvalue weighted by atomic mass is 35.5. The molecule has 3 aromatic rings. The standard InChI is InChI=1S/C15H11Cl2N3OS/c1-20-12-4-2-3-5-13(12)22-15(20)19-18-14(21)9-6-10(16)8-11(17)7-9/h2-8H,1H3,(H,18,21). The lowest BCUT2D eigenvalue weighted by atomic mass is 10.2. The summed E-state index contributed by atoms with van der Waals surface area (Å²) in [6.07, 6.45) is 0. The molecule has 0 aliphatic heterocycles. The Bertz CT molecular complexity index is 910. The van der Waals surface area contributed by atoms with E-state index in [1.807, 2.05) is 35.9 Å². The van der Waals surface area contributed by atoms with Crippen molar-refractivity contribution in [2.24, 2.45) is 12.1 Å². The van der Waals surface area contributed by atoms with Gasteiger partial charge in [0.05, 0.1) is 10.2 Å². The van der Waals surface area contributed by atoms with Crippen LogP contribution in [0.3, 0.4) is 0 Å². The zero-order valence-corrected chi connectivity index (χ0v) is 13.8. The fourth-order valence-corrected chi connectivity index (χ4v) is 3.54. The van der Waals surface area contributed by atoms with Crippen molar-refractivity contribution in [3.05, 3.63) is 62.9 Å². The molecule has 7 heteroatoms. The largest absolute Gasteiger partial charge is 0.318 e. The maximum Gasteiger partial charge on any atom is 0.271 e. The Hall–Kier alpha value is -1.82. The third-order valence-corrected chi connectivity index (χ3v) is 4.64. The molecule has 0 atom stereocenters. The predicted octanol–water partition coefficient (Wildman–Crippen LogP) is 3.79. The Morgan fingerprint density at radius 1 is 1.18 bits per heavy atom. The number of fused-ring (bicyclic) bond motifs is 1. The van der Waals surface area contributed by atoms with E-state index in [4.69, 9.17) is 23.2 Å². The highest BCUT2D eigenvalue weighted by molar-refractivity contribution is 7.16. The summed E-state index contributed by atoms with van der Waals surface area (Å²) in [4.78, 5) is 12.8. The number of hydrogen-bond acceptors (Lipinski definition) is 3. The van der Waals surface area contributed by atoms with E-state index >= 15 is 0 Å². The smallest absolute Gasteiger partial charge is 0.271 e. The first-order valence-electron chi connectivity index (χ1n) is 6.39. The van der Waals surface area contributed by atoms with Gasteiger partial charge in [0.25, 0.3) is 5.91 Å². The van der Waals surface area contributed by atoms with Gasteiger partial charge in [0.1, 0.15) is 0 Å². The van der Waals surface area contributed by atoms with Crippen molar-refractivity contribution < 1.29 is 4.79 Å². The highest BCUT2D eigenvalue weighted by Gasteiger charge is 2.08. The summed E-state index contributed by atoms with van der Waals surface area (Å²) in [5.74, 6) is -0.359. The molecule has 22 heavy (non-hydrogen) atoms. The maximum atomic E-state index is 12.1. The average Bonchev–Trinajstić information content (AvgIpc) is 2.81. The summed E-state index contributed by atoms with van der Waals surface area (Å²) in [6.45, 7) is 0. The van der Waals surface area contributed by atoms with Crippen molar-refractivity contribution in [3.8, 4) is 0 Å². The topological polar surface area (TPSA) is 46.4 Å². The van der Waals surface area contributed by atoms with E-state index < -0.39 is 0 Å². The third kappa shape index (κ3) is 3.02. The van der Waals surface area contributed by atoms with Crippen LogP contribution in [0.1, 0.15) is 10.4 Å². The number of carbonyl (C=O) groups is 1. The van der Waals surface area contributed by atoms with Crippen molar-refractivity contribution in [2.75, 3.05) is 0 Å². The number of nitrogens with zero attached hydrogens (tertiary/aromatic N) is 2. The number of amides is 1. The van der Waals surface area contributed by atoms with Gasteiger partial charge in [-0.25, -0.2) is 5.43 Å². The number of thiazole rings is 1. The van der Waals surface area contributed by atoms with Gasteiger partial charge in [-0.3, -0.25) is 4.79 Å². The molecule has 0 aliphatic carbocycles. The Morgan fingerprint density at radius 3 is 2.55 bits per heavy atom. The van der Waals surface area contributed by atoms with Gasteiger partial charge < -0.3 is 4.57 Å². The van der Waals surface area contributed by atoms with Crippen LogP contribution >= 0.6 is 34.5 Å². The summed E-state index contributed by atoms with van der Waals surface area (Å²) in [7, 11) is 1.90. The van der Waals surface area contributed by atoms with E-state index in [2.05, 4.69) is 10.5 Å². The fourth-order valence-electron chi connectivity index (χ4n) is 2.04. The average molecular weight is 352 g/mol. The summed E-state index contributed by atoms with van der Waals surface area (Å²) in [5.41, 5.74) is 3.96. The SMILES string of the molecule is Cn1c(=NNC(=O)c2cc(Cl)cc(Cl)c2)sc2ccccc21. The monoisotopic (exact) mass is 351 g/mol. The lowest BCUT2D eigenvalue weighted by Gasteiger charge is -2.01. The second-order valence-electron chi connectivity index (χ2n) is 4.62. The quantitative estimate of drug-likeness (QED) is 0.701. The van der Waals surface area contributed by atoms with E-state index in [-0.39, 0.29) is 5.91 Å². The number of hydrogen-bond donors (Lipinski definition) is 1. The number of aryl methyl sites for hydroxylation is 1. The Labute approximate surface area is 140 Å². The highest BCUT2D eigenvalue weighted by Crippen LogP contribution is 2.19. The molecule has 0 fully saturated rings. The van der Waals surface area contributed by atoms with E-state index in [1.165, 1.54) is 11.3 Å². The minimum Gasteiger partial charge on any atom is -0.318 e. The number of halogens is 2. The number of benzene rings is 2. The second-order valence-corrected chi connectivity index (χ2v) is 6.50. The number of carbonyl (C=O) groups excluding carboxylic acids is 1. The zero-order chi connectivity index (χ0) is 15.7. The van der Waals surface area contributed by atoms with E-state index in [9.17, 15) is 4.79 Å². The molecule has 0 aliphatic rings. The van der Waals surface area contributed by atoms with Crippen LogP contribution in [0.25, 0.3) is 10.2 Å². The molecule has 4 nitrogen and oxygen atoms in total. The summed E-state index contributed by atoms with van der Waals surface area (Å²) < 4.78 is 3.02. The van der Waals surface area contributed by atoms with Crippen molar-refractivity contribution >= 4 is 50.7 Å². The molecular formula is C15H11Cl2N3OS. The molecule has 1 aromatic heterocycles. The second kappa shape index (κ2) is 6.12. The van der Waals surface area contributed by atoms with Crippen LogP contribution in [0.4, 0.5) is 0 Å². The minimum absolute atomic E-state index is 0.359. The Kier molecular flexibility index (Phi) is 4.20. The Balaban J connectivity index is 1.92. The van der Waals surface area contributed by atoms with E-state index in [1.54, 1.807) is 18.2 Å². The van der Waals surface area contributed by atoms with Gasteiger partial charge in [-0.15, -0.1) is 5.10 Å². The van der Waals surface area contributed by atoms with Crippen LogP contribution in [0, 0.1) is 0 Å². The molecule has 3 rings (SSSR count). The molecule has 112 valence electrons. The lowest BCUT2D eigenvalue weighted by Crippen LogP contribution is -2.23. The van der Waals surface area contributed by atoms with Crippen molar-refractivity contribution in [3.63, 3.8) is 0 Å². The molecule has 0 radical (unpaired) electrons. The van der Waals surface area contributed by atoms with Crippen LogP contribution in [0.2, 0.25) is 10.0 Å². The Morgan fingerprint density at radius 2 is 1.86 bits per heavy atom. The summed E-state index contributed by atoms with van der Waals surface area (Å²) in [5, 5.41) is 4.99. The van der Waals surface area contributed by atoms with Gasteiger partial charge >= 0.3 is 0 Å². The van der Waals surface area contributed by atoms with E-state index in [0.29, 0.717) is 20.4 Å². The minimum atomic E-state index is -0.359. The van der Waals surface area contributed by atoms with Crippen molar-refractivity contribution in [2.45, 2.75) is 0 Å². The molecule has 0 unspecified atom stereocenters. The van der Waals surface area contributed by atoms with Gasteiger partial charge in [-0.2, -0.15) is 0 Å². The molecule has 1 amide bonds. The third-order valence-electron chi connectivity index (χ3n) is 3.09. The van der Waals surface area contributed by atoms with Crippen LogP contribution < -0.4 is 10.2 Å². The van der Waals surface area contributed by atoms with Gasteiger partial charge in [-0.05, 0) is 30.3 Å². The first kappa shape index (κ1) is 15.1. The first-order valence-corrected chi connectivity index (χ1v) is 7.96. The van der Waals surface area contributed by atoms with Crippen LogP contribution in [-0.4, -0.2) is 10.5 Å². The molecule has 0 saturated heterocycles. The molecule has 0 spiro atoms. The van der Waals surface area contributed by atoms with Gasteiger partial charge in [-0.1, -0.05) is 46.7 Å². The van der Waals surface area contributed by atoms with Crippen molar-refractivity contribution in [1.29, 1.82) is 0 Å². The fraction of sp³-hybridized carbons (Fsp3) is 0.0667. The predicted molar refractivity (Wildman–Crippen MR) is 90.3 cm³/mol. The molecule has 0 saturated carbocycles. The number of aromatic nitrogens is 1. The molecule has 1 heterocycles. The normalized spacial score (nSPS) is 11.9. The number of rotatable bonds is 2. The van der Waals surface area contributed by atoms with Gasteiger partial charge in [0.15, 0.2) is 0 Å². The summed E-state index contributed by atoms with van der Waals surface area (Å²) >= 11 is 13.3. The molecular weight excluding hydrogens is 341 g/mol. The summed E-state index contributed by atoms with van der Waals surface area (Å²) in [6, 6.07) is 12.6. The first-order chi connectivity index (χ1) is 10.5. The lowest BCUT2D eigenvalue weighted by molar-refractivity contribution is 0.0953. The van der Waals surface area contributed by atoms with Gasteiger partial charge in [0, 0.05) is 22.7 Å². The molecule has 0 bridgehead atoms. The van der Waals surface area contributed by atoms with Crippen LogP contribution in [0.15, 0.2) is 47.6 Å². The molecule has 2 aromatic carbocycles. The van der Waals surface area contributed by atoms with E-state index in [0.717, 1.165) is 10.2 Å². The molecule has 1 N–H and O–H groups in total. The van der Waals surface area contributed by atoms with Crippen molar-refractivity contribution in [1.82, 2.24) is 9.99 Å².